The Morgan fingerprint density at radius 3 is 2.53 bits per heavy atom. The van der Waals surface area contributed by atoms with Crippen molar-refractivity contribution in [3.05, 3.63) is 35.4 Å². The number of nitrogens with one attached hydrogen (secondary N) is 1. The maximum atomic E-state index is 5.57. The van der Waals surface area contributed by atoms with Crippen LogP contribution in [-0.4, -0.2) is 20.5 Å². The monoisotopic (exact) mass is 238 g/mol. The first-order chi connectivity index (χ1) is 8.26. The second kappa shape index (κ2) is 7.40. The SMILES string of the molecule is CCCc1cccc(C(NN)C(OC)OC)c1. The van der Waals surface area contributed by atoms with Crippen LogP contribution >= 0.6 is 0 Å². The Morgan fingerprint density at radius 2 is 2.00 bits per heavy atom. The van der Waals surface area contributed by atoms with Gasteiger partial charge >= 0.3 is 0 Å². The van der Waals surface area contributed by atoms with Gasteiger partial charge in [-0.25, -0.2) is 5.43 Å². The second-order valence-corrected chi connectivity index (χ2v) is 3.98. The molecule has 1 unspecified atom stereocenters. The molecule has 0 spiro atoms. The fourth-order valence-electron chi connectivity index (χ4n) is 1.93. The van der Waals surface area contributed by atoms with Gasteiger partial charge in [-0.15, -0.1) is 0 Å². The van der Waals surface area contributed by atoms with Crippen molar-refractivity contribution in [2.45, 2.75) is 32.1 Å². The molecule has 0 aliphatic rings. The minimum atomic E-state index is -0.392. The van der Waals surface area contributed by atoms with E-state index in [1.54, 1.807) is 14.2 Å². The first-order valence-electron chi connectivity index (χ1n) is 5.87. The van der Waals surface area contributed by atoms with Crippen molar-refractivity contribution in [1.82, 2.24) is 5.43 Å². The number of benzene rings is 1. The lowest BCUT2D eigenvalue weighted by Gasteiger charge is -2.24. The lowest BCUT2D eigenvalue weighted by atomic mass is 10.0. The topological polar surface area (TPSA) is 56.5 Å². The molecule has 4 heteroatoms. The minimum absolute atomic E-state index is 0.165. The highest BCUT2D eigenvalue weighted by Crippen LogP contribution is 2.20. The van der Waals surface area contributed by atoms with E-state index in [0.29, 0.717) is 0 Å². The number of aryl methyl sites for hydroxylation is 1. The quantitative estimate of drug-likeness (QED) is 0.432. The Morgan fingerprint density at radius 1 is 1.29 bits per heavy atom. The van der Waals surface area contributed by atoms with Crippen molar-refractivity contribution < 1.29 is 9.47 Å². The zero-order valence-corrected chi connectivity index (χ0v) is 10.8. The number of ether oxygens (including phenoxy) is 2. The molecule has 17 heavy (non-hydrogen) atoms. The first kappa shape index (κ1) is 14.1. The van der Waals surface area contributed by atoms with Crippen LogP contribution in [0.4, 0.5) is 0 Å². The highest BCUT2D eigenvalue weighted by Gasteiger charge is 2.21. The maximum absolute atomic E-state index is 5.57. The summed E-state index contributed by atoms with van der Waals surface area (Å²) in [5, 5.41) is 0. The standard InChI is InChI=1S/C13H22N2O2/c1-4-6-10-7-5-8-11(9-10)12(15-14)13(16-2)17-3/h5,7-9,12-13,15H,4,6,14H2,1-3H3. The molecule has 3 N–H and O–H groups in total. The zero-order valence-electron chi connectivity index (χ0n) is 10.8. The Kier molecular flexibility index (Phi) is 6.15. The molecule has 0 saturated carbocycles. The summed E-state index contributed by atoms with van der Waals surface area (Å²) in [6.07, 6.45) is 1.80. The molecule has 96 valence electrons. The van der Waals surface area contributed by atoms with Gasteiger partial charge < -0.3 is 9.47 Å². The summed E-state index contributed by atoms with van der Waals surface area (Å²) in [4.78, 5) is 0. The third-order valence-corrected chi connectivity index (χ3v) is 2.77. The van der Waals surface area contributed by atoms with Crippen LogP contribution in [0.1, 0.15) is 30.5 Å². The molecule has 0 saturated heterocycles. The second-order valence-electron chi connectivity index (χ2n) is 3.98. The van der Waals surface area contributed by atoms with Gasteiger partial charge in [-0.2, -0.15) is 0 Å². The van der Waals surface area contributed by atoms with Crippen LogP contribution in [0.3, 0.4) is 0 Å². The Balaban J connectivity index is 2.90. The van der Waals surface area contributed by atoms with Gasteiger partial charge in [0.15, 0.2) is 6.29 Å². The van der Waals surface area contributed by atoms with Gasteiger partial charge in [0.2, 0.25) is 0 Å². The third-order valence-electron chi connectivity index (χ3n) is 2.77. The van der Waals surface area contributed by atoms with Gasteiger partial charge in [0, 0.05) is 14.2 Å². The van der Waals surface area contributed by atoms with Crippen molar-refractivity contribution in [2.24, 2.45) is 5.84 Å². The van der Waals surface area contributed by atoms with Gasteiger partial charge in [0.1, 0.15) is 0 Å². The van der Waals surface area contributed by atoms with E-state index < -0.39 is 6.29 Å². The molecule has 1 rings (SSSR count). The fourth-order valence-corrected chi connectivity index (χ4v) is 1.93. The lowest BCUT2D eigenvalue weighted by molar-refractivity contribution is -0.124. The number of hydrazine groups is 1. The largest absolute Gasteiger partial charge is 0.354 e. The molecule has 1 aromatic carbocycles. The first-order valence-corrected chi connectivity index (χ1v) is 5.87. The molecule has 0 fully saturated rings. The molecule has 0 aromatic heterocycles. The molecule has 0 heterocycles. The van der Waals surface area contributed by atoms with Crippen LogP contribution in [0.2, 0.25) is 0 Å². The highest BCUT2D eigenvalue weighted by atomic mass is 16.7. The smallest absolute Gasteiger partial charge is 0.177 e. The average Bonchev–Trinajstić information content (AvgIpc) is 2.36. The van der Waals surface area contributed by atoms with Gasteiger partial charge in [0.05, 0.1) is 6.04 Å². The van der Waals surface area contributed by atoms with Gasteiger partial charge in [-0.3, -0.25) is 5.84 Å². The van der Waals surface area contributed by atoms with Crippen LogP contribution in [0, 0.1) is 0 Å². The molecular weight excluding hydrogens is 216 g/mol. The van der Waals surface area contributed by atoms with Crippen molar-refractivity contribution in [2.75, 3.05) is 14.2 Å². The summed E-state index contributed by atoms with van der Waals surface area (Å²) in [5.74, 6) is 5.57. The molecule has 4 nitrogen and oxygen atoms in total. The van der Waals surface area contributed by atoms with Crippen LogP contribution < -0.4 is 11.3 Å². The van der Waals surface area contributed by atoms with Crippen LogP contribution in [0.5, 0.6) is 0 Å². The molecule has 0 aliphatic heterocycles. The predicted octanol–water partition coefficient (Wildman–Crippen LogP) is 1.76. The zero-order chi connectivity index (χ0) is 12.7. The number of methoxy groups -OCH3 is 2. The molecule has 1 atom stereocenters. The molecule has 0 radical (unpaired) electrons. The van der Waals surface area contributed by atoms with E-state index in [-0.39, 0.29) is 6.04 Å². The van der Waals surface area contributed by atoms with E-state index in [1.165, 1.54) is 5.56 Å². The summed E-state index contributed by atoms with van der Waals surface area (Å²) in [7, 11) is 3.21. The van der Waals surface area contributed by atoms with E-state index in [9.17, 15) is 0 Å². The molecule has 0 amide bonds. The lowest BCUT2D eigenvalue weighted by Crippen LogP contribution is -2.38. The molecule has 0 bridgehead atoms. The van der Waals surface area contributed by atoms with Gasteiger partial charge in [-0.05, 0) is 17.5 Å². The summed E-state index contributed by atoms with van der Waals surface area (Å²) in [6, 6.07) is 8.15. The van der Waals surface area contributed by atoms with E-state index >= 15 is 0 Å². The summed E-state index contributed by atoms with van der Waals surface area (Å²) in [6.45, 7) is 2.17. The van der Waals surface area contributed by atoms with Crippen molar-refractivity contribution >= 4 is 0 Å². The van der Waals surface area contributed by atoms with E-state index in [2.05, 4.69) is 24.5 Å². The number of nitrogens with two attached hydrogens (primary N) is 1. The van der Waals surface area contributed by atoms with Crippen molar-refractivity contribution in [3.8, 4) is 0 Å². The molecule has 1 aromatic rings. The van der Waals surface area contributed by atoms with E-state index in [0.717, 1.165) is 18.4 Å². The molecular formula is C13H22N2O2. The maximum Gasteiger partial charge on any atom is 0.177 e. The van der Waals surface area contributed by atoms with Gasteiger partial charge in [-0.1, -0.05) is 37.6 Å². The Bertz CT molecular complexity index is 327. The summed E-state index contributed by atoms with van der Waals surface area (Å²) >= 11 is 0. The highest BCUT2D eigenvalue weighted by molar-refractivity contribution is 5.26. The van der Waals surface area contributed by atoms with Crippen molar-refractivity contribution in [3.63, 3.8) is 0 Å². The van der Waals surface area contributed by atoms with Crippen LogP contribution in [0.15, 0.2) is 24.3 Å². The van der Waals surface area contributed by atoms with Gasteiger partial charge in [0.25, 0.3) is 0 Å². The van der Waals surface area contributed by atoms with E-state index in [4.69, 9.17) is 15.3 Å². The fraction of sp³-hybridized carbons (Fsp3) is 0.538. The van der Waals surface area contributed by atoms with Crippen LogP contribution in [-0.2, 0) is 15.9 Å². The number of hydrogen-bond acceptors (Lipinski definition) is 4. The van der Waals surface area contributed by atoms with Crippen molar-refractivity contribution in [1.29, 1.82) is 0 Å². The summed E-state index contributed by atoms with van der Waals surface area (Å²) in [5.41, 5.74) is 5.12. The average molecular weight is 238 g/mol. The van der Waals surface area contributed by atoms with E-state index in [1.807, 2.05) is 12.1 Å². The summed E-state index contributed by atoms with van der Waals surface area (Å²) < 4.78 is 10.5. The molecule has 0 aliphatic carbocycles. The third kappa shape index (κ3) is 3.78. The predicted molar refractivity (Wildman–Crippen MR) is 68.3 cm³/mol. The number of hydrogen-bond donors (Lipinski definition) is 2. The minimum Gasteiger partial charge on any atom is -0.354 e. The Hall–Kier alpha value is -0.940. The number of rotatable bonds is 7. The Labute approximate surface area is 103 Å². The normalized spacial score (nSPS) is 13.0. The van der Waals surface area contributed by atoms with Crippen LogP contribution in [0.25, 0.3) is 0 Å².